The van der Waals surface area contributed by atoms with Gasteiger partial charge in [-0.15, -0.1) is 0 Å². The molecular formula is C30H39N3O5. The minimum Gasteiger partial charge on any atom is -0.481 e. The number of para-hydroxylation sites is 1. The summed E-state index contributed by atoms with van der Waals surface area (Å²) in [6.07, 6.45) is 10.2. The maximum absolute atomic E-state index is 13.9. The zero-order valence-electron chi connectivity index (χ0n) is 22.1. The summed E-state index contributed by atoms with van der Waals surface area (Å²) in [5.41, 5.74) is 0.556. The van der Waals surface area contributed by atoms with Gasteiger partial charge in [0.2, 0.25) is 5.91 Å². The molecule has 0 spiro atoms. The minimum atomic E-state index is -1.31. The topological polar surface area (TPSA) is 121 Å². The van der Waals surface area contributed by atoms with Crippen LogP contribution in [0.25, 0.3) is 10.9 Å². The monoisotopic (exact) mass is 521 g/mol. The predicted octanol–water partition coefficient (Wildman–Crippen LogP) is 4.78. The Kier molecular flexibility index (Phi) is 6.60. The van der Waals surface area contributed by atoms with Crippen LogP contribution in [0.1, 0.15) is 70.3 Å². The van der Waals surface area contributed by atoms with Crippen LogP contribution >= 0.6 is 0 Å². The van der Waals surface area contributed by atoms with E-state index >= 15 is 0 Å². The molecular weight excluding hydrogens is 482 g/mol. The smallest absolute Gasteiger partial charge is 0.408 e. The lowest BCUT2D eigenvalue weighted by atomic mass is 9.55. The molecule has 7 rings (SSSR count). The summed E-state index contributed by atoms with van der Waals surface area (Å²) in [7, 11) is 0. The van der Waals surface area contributed by atoms with E-state index in [-0.39, 0.29) is 18.4 Å². The maximum Gasteiger partial charge on any atom is 0.408 e. The fourth-order valence-corrected chi connectivity index (χ4v) is 8.21. The summed E-state index contributed by atoms with van der Waals surface area (Å²) in [5, 5.41) is 16.7. The summed E-state index contributed by atoms with van der Waals surface area (Å²) in [6.45, 7) is 1.72. The van der Waals surface area contributed by atoms with Crippen molar-refractivity contribution in [3.05, 3.63) is 36.0 Å². The van der Waals surface area contributed by atoms with Gasteiger partial charge in [-0.25, -0.2) is 4.79 Å². The number of fused-ring (bicyclic) bond motifs is 1. The summed E-state index contributed by atoms with van der Waals surface area (Å²) < 4.78 is 6.10. The molecule has 5 aliphatic rings. The zero-order chi connectivity index (χ0) is 26.4. The third-order valence-corrected chi connectivity index (χ3v) is 9.88. The zero-order valence-corrected chi connectivity index (χ0v) is 22.1. The Bertz CT molecular complexity index is 1200. The fraction of sp³-hybridized carbons (Fsp3) is 0.633. The number of H-pyrrole nitrogens is 1. The number of aromatic nitrogens is 1. The highest BCUT2D eigenvalue weighted by Crippen LogP contribution is 2.54. The highest BCUT2D eigenvalue weighted by molar-refractivity contribution is 5.92. The van der Waals surface area contributed by atoms with Crippen molar-refractivity contribution < 1.29 is 24.2 Å². The number of carbonyl (C=O) groups excluding carboxylic acids is 2. The molecule has 5 saturated carbocycles. The van der Waals surface area contributed by atoms with E-state index < -0.39 is 29.6 Å². The van der Waals surface area contributed by atoms with E-state index in [1.165, 1.54) is 6.42 Å². The number of carbonyl (C=O) groups is 3. The van der Waals surface area contributed by atoms with Crippen LogP contribution in [0.3, 0.4) is 0 Å². The number of aromatic amines is 1. The molecule has 3 atom stereocenters. The quantitative estimate of drug-likeness (QED) is 0.418. The number of carboxylic acid groups (broad SMARTS) is 1. The van der Waals surface area contributed by atoms with Gasteiger partial charge in [0.25, 0.3) is 0 Å². The number of hydrogen-bond donors (Lipinski definition) is 4. The lowest BCUT2D eigenvalue weighted by molar-refractivity contribution is -0.144. The molecule has 5 aliphatic carbocycles. The van der Waals surface area contributed by atoms with Gasteiger partial charge in [0.05, 0.1) is 5.92 Å². The second-order valence-corrected chi connectivity index (χ2v) is 12.6. The molecule has 4 N–H and O–H groups in total. The van der Waals surface area contributed by atoms with Crippen LogP contribution in [-0.4, -0.2) is 45.7 Å². The molecule has 3 unspecified atom stereocenters. The van der Waals surface area contributed by atoms with Crippen LogP contribution in [-0.2, 0) is 20.7 Å². The molecule has 38 heavy (non-hydrogen) atoms. The number of ether oxygens (including phenoxy) is 1. The summed E-state index contributed by atoms with van der Waals surface area (Å²) >= 11 is 0. The number of hydrogen-bond acceptors (Lipinski definition) is 4. The largest absolute Gasteiger partial charge is 0.481 e. The molecule has 8 nitrogen and oxygen atoms in total. The highest BCUT2D eigenvalue weighted by Gasteiger charge is 2.50. The Morgan fingerprint density at radius 3 is 2.42 bits per heavy atom. The van der Waals surface area contributed by atoms with Crippen molar-refractivity contribution in [1.29, 1.82) is 0 Å². The van der Waals surface area contributed by atoms with E-state index in [1.54, 1.807) is 6.92 Å². The van der Waals surface area contributed by atoms with E-state index in [0.717, 1.165) is 66.8 Å². The van der Waals surface area contributed by atoms with Gasteiger partial charge in [-0.1, -0.05) is 31.0 Å². The van der Waals surface area contributed by atoms with Gasteiger partial charge in [0.15, 0.2) is 0 Å². The maximum atomic E-state index is 13.9. The summed E-state index contributed by atoms with van der Waals surface area (Å²) in [5.74, 6) is 0.510. The average molecular weight is 522 g/mol. The van der Waals surface area contributed by atoms with Crippen LogP contribution in [0, 0.1) is 29.6 Å². The van der Waals surface area contributed by atoms with E-state index in [1.807, 2.05) is 30.5 Å². The molecule has 5 fully saturated rings. The molecule has 8 heteroatoms. The number of benzene rings is 1. The predicted molar refractivity (Wildman–Crippen MR) is 142 cm³/mol. The Hall–Kier alpha value is -3.03. The van der Waals surface area contributed by atoms with Gasteiger partial charge in [-0.3, -0.25) is 9.59 Å². The molecule has 0 aliphatic heterocycles. The molecule has 0 radical (unpaired) electrons. The van der Waals surface area contributed by atoms with Crippen LogP contribution in [0.4, 0.5) is 4.79 Å². The van der Waals surface area contributed by atoms with Gasteiger partial charge in [0, 0.05) is 29.6 Å². The molecule has 2 aromatic rings. The van der Waals surface area contributed by atoms with E-state index in [9.17, 15) is 19.5 Å². The van der Waals surface area contributed by atoms with Gasteiger partial charge in [-0.05, 0) is 87.2 Å². The van der Waals surface area contributed by atoms with E-state index in [0.29, 0.717) is 24.7 Å². The lowest BCUT2D eigenvalue weighted by Gasteiger charge is -2.53. The number of aliphatic carboxylic acids is 1. The van der Waals surface area contributed by atoms with Crippen molar-refractivity contribution in [2.75, 3.05) is 0 Å². The first kappa shape index (κ1) is 25.3. The summed E-state index contributed by atoms with van der Waals surface area (Å²) in [6, 6.07) is 7.41. The minimum absolute atomic E-state index is 0.0852. The Morgan fingerprint density at radius 2 is 1.71 bits per heavy atom. The Morgan fingerprint density at radius 1 is 1.03 bits per heavy atom. The van der Waals surface area contributed by atoms with E-state index in [2.05, 4.69) is 15.6 Å². The van der Waals surface area contributed by atoms with Crippen LogP contribution in [0.2, 0.25) is 0 Å². The Balaban J connectivity index is 1.22. The number of amides is 2. The number of alkyl carbamates (subject to hydrolysis) is 1. The van der Waals surface area contributed by atoms with Crippen LogP contribution in [0.5, 0.6) is 0 Å². The van der Waals surface area contributed by atoms with Gasteiger partial charge < -0.3 is 25.5 Å². The molecule has 1 aromatic carbocycles. The van der Waals surface area contributed by atoms with Crippen LogP contribution in [0.15, 0.2) is 30.5 Å². The van der Waals surface area contributed by atoms with Gasteiger partial charge in [-0.2, -0.15) is 0 Å². The standard InChI is InChI=1S/C30H39N3O5/c1-30(15-21-16-31-24-8-4-2-6-22(21)24,28(36)32-25-9-5-3-7-23(25)27(34)35)33-29(37)38-26-19-11-17-10-18(13-19)14-20(26)12-17/h2,4,6,8,16-20,23,25-26,31H,3,5,7,9-15H2,1H3,(H,32,36)(H,33,37)(H,34,35). The highest BCUT2D eigenvalue weighted by atomic mass is 16.6. The average Bonchev–Trinajstić information content (AvgIpc) is 3.28. The van der Waals surface area contributed by atoms with Crippen LogP contribution < -0.4 is 10.6 Å². The molecule has 204 valence electrons. The van der Waals surface area contributed by atoms with Gasteiger partial charge in [0.1, 0.15) is 11.6 Å². The molecule has 1 aromatic heterocycles. The fourth-order valence-electron chi connectivity index (χ4n) is 8.21. The van der Waals surface area contributed by atoms with Gasteiger partial charge >= 0.3 is 12.1 Å². The van der Waals surface area contributed by atoms with Crippen molar-refractivity contribution in [2.24, 2.45) is 29.6 Å². The lowest BCUT2D eigenvalue weighted by Crippen LogP contribution is -2.62. The third-order valence-electron chi connectivity index (χ3n) is 9.88. The van der Waals surface area contributed by atoms with Crippen molar-refractivity contribution in [3.63, 3.8) is 0 Å². The SMILES string of the molecule is CC(Cc1c[nH]c2ccccc12)(NC(=O)OC1C2CC3CC(C2)CC1C3)C(=O)NC1CCCCC1C(=O)O. The molecule has 2 amide bonds. The first-order valence-corrected chi connectivity index (χ1v) is 14.4. The normalized spacial score (nSPS) is 33.4. The number of rotatable bonds is 7. The molecule has 4 bridgehead atoms. The third kappa shape index (κ3) is 4.78. The number of nitrogens with one attached hydrogen (secondary N) is 3. The van der Waals surface area contributed by atoms with Crippen molar-refractivity contribution in [2.45, 2.75) is 88.8 Å². The first-order chi connectivity index (χ1) is 18.3. The van der Waals surface area contributed by atoms with E-state index in [4.69, 9.17) is 4.74 Å². The second-order valence-electron chi connectivity index (χ2n) is 12.6. The Labute approximate surface area is 223 Å². The second kappa shape index (κ2) is 9.93. The van der Waals surface area contributed by atoms with Crippen molar-refractivity contribution in [3.8, 4) is 0 Å². The number of carboxylic acids is 1. The molecule has 0 saturated heterocycles. The van der Waals surface area contributed by atoms with Crippen molar-refractivity contribution >= 4 is 28.9 Å². The van der Waals surface area contributed by atoms with Crippen molar-refractivity contribution in [1.82, 2.24) is 15.6 Å². The summed E-state index contributed by atoms with van der Waals surface area (Å²) in [4.78, 5) is 42.4. The molecule has 1 heterocycles. The first-order valence-electron chi connectivity index (χ1n) is 14.4.